The van der Waals surface area contributed by atoms with Crippen LogP contribution in [0.1, 0.15) is 36.8 Å². The second kappa shape index (κ2) is 6.73. The number of rotatable bonds is 3. The Labute approximate surface area is 131 Å². The molecule has 1 N–H and O–H groups in total. The van der Waals surface area contributed by atoms with Crippen LogP contribution in [0.2, 0.25) is 0 Å². The molecular weight excluding hydrogens is 274 g/mol. The van der Waals surface area contributed by atoms with Crippen LogP contribution in [0, 0.1) is 13.8 Å². The van der Waals surface area contributed by atoms with E-state index in [0.29, 0.717) is 5.95 Å². The molecule has 0 atom stereocenters. The minimum atomic E-state index is 0.564. The molecule has 0 spiro atoms. The SMILES string of the molecule is Cc1ccc(Nc2nncc(N3CCCCCC3)n2)c(C)c1. The van der Waals surface area contributed by atoms with Gasteiger partial charge in [-0.05, 0) is 38.3 Å². The van der Waals surface area contributed by atoms with Gasteiger partial charge in [0.1, 0.15) is 0 Å². The molecule has 0 radical (unpaired) electrons. The molecule has 0 saturated carbocycles. The molecule has 5 nitrogen and oxygen atoms in total. The van der Waals surface area contributed by atoms with E-state index in [1.807, 2.05) is 0 Å². The van der Waals surface area contributed by atoms with Crippen LogP contribution in [-0.4, -0.2) is 28.3 Å². The van der Waals surface area contributed by atoms with E-state index in [9.17, 15) is 0 Å². The summed E-state index contributed by atoms with van der Waals surface area (Å²) in [6.07, 6.45) is 6.83. The van der Waals surface area contributed by atoms with Gasteiger partial charge in [0.2, 0.25) is 5.95 Å². The van der Waals surface area contributed by atoms with E-state index in [0.717, 1.165) is 24.6 Å². The molecule has 2 heterocycles. The van der Waals surface area contributed by atoms with Crippen molar-refractivity contribution < 1.29 is 0 Å². The third-order valence-electron chi connectivity index (χ3n) is 4.10. The van der Waals surface area contributed by atoms with Crippen molar-refractivity contribution in [2.24, 2.45) is 0 Å². The van der Waals surface area contributed by atoms with Gasteiger partial charge in [0.05, 0.1) is 6.20 Å². The Balaban J connectivity index is 1.78. The van der Waals surface area contributed by atoms with Gasteiger partial charge in [0.15, 0.2) is 5.82 Å². The monoisotopic (exact) mass is 297 g/mol. The largest absolute Gasteiger partial charge is 0.355 e. The van der Waals surface area contributed by atoms with Crippen LogP contribution < -0.4 is 10.2 Å². The van der Waals surface area contributed by atoms with Crippen molar-refractivity contribution in [3.05, 3.63) is 35.5 Å². The molecular formula is C17H23N5. The first-order chi connectivity index (χ1) is 10.7. The first-order valence-corrected chi connectivity index (χ1v) is 8.01. The lowest BCUT2D eigenvalue weighted by atomic mass is 10.1. The summed E-state index contributed by atoms with van der Waals surface area (Å²) in [5.41, 5.74) is 3.46. The molecule has 0 bridgehead atoms. The Hall–Kier alpha value is -2.17. The maximum atomic E-state index is 4.64. The van der Waals surface area contributed by atoms with Gasteiger partial charge in [-0.3, -0.25) is 0 Å². The summed E-state index contributed by atoms with van der Waals surface area (Å²) in [6.45, 7) is 6.29. The molecule has 2 aromatic rings. The predicted octanol–water partition coefficient (Wildman–Crippen LogP) is 3.61. The average Bonchev–Trinajstić information content (AvgIpc) is 2.80. The van der Waals surface area contributed by atoms with E-state index in [1.165, 1.54) is 36.8 Å². The summed E-state index contributed by atoms with van der Waals surface area (Å²) in [5, 5.41) is 11.5. The van der Waals surface area contributed by atoms with E-state index in [1.54, 1.807) is 6.20 Å². The zero-order valence-electron chi connectivity index (χ0n) is 13.3. The van der Waals surface area contributed by atoms with Crippen molar-refractivity contribution >= 4 is 17.5 Å². The molecule has 1 fully saturated rings. The molecule has 0 amide bonds. The number of hydrogen-bond donors (Lipinski definition) is 1. The average molecular weight is 297 g/mol. The zero-order chi connectivity index (χ0) is 15.4. The molecule has 116 valence electrons. The van der Waals surface area contributed by atoms with Gasteiger partial charge in [-0.25, -0.2) is 0 Å². The van der Waals surface area contributed by atoms with Crippen molar-refractivity contribution in [1.29, 1.82) is 0 Å². The van der Waals surface area contributed by atoms with Crippen LogP contribution in [0.5, 0.6) is 0 Å². The number of hydrogen-bond acceptors (Lipinski definition) is 5. The van der Waals surface area contributed by atoms with Gasteiger partial charge in [-0.2, -0.15) is 10.1 Å². The van der Waals surface area contributed by atoms with Crippen LogP contribution in [0.15, 0.2) is 24.4 Å². The smallest absolute Gasteiger partial charge is 0.249 e. The van der Waals surface area contributed by atoms with E-state index in [2.05, 4.69) is 57.4 Å². The van der Waals surface area contributed by atoms with Crippen LogP contribution in [0.4, 0.5) is 17.5 Å². The second-order valence-corrected chi connectivity index (χ2v) is 5.98. The Morgan fingerprint density at radius 3 is 2.55 bits per heavy atom. The molecule has 0 aliphatic carbocycles. The fraction of sp³-hybridized carbons (Fsp3) is 0.471. The lowest BCUT2D eigenvalue weighted by Crippen LogP contribution is -2.25. The number of nitrogens with one attached hydrogen (secondary N) is 1. The summed E-state index contributed by atoms with van der Waals surface area (Å²) in [4.78, 5) is 6.95. The quantitative estimate of drug-likeness (QED) is 0.938. The summed E-state index contributed by atoms with van der Waals surface area (Å²) in [6, 6.07) is 6.29. The van der Waals surface area contributed by atoms with Gasteiger partial charge in [0.25, 0.3) is 0 Å². The van der Waals surface area contributed by atoms with Gasteiger partial charge in [-0.1, -0.05) is 30.5 Å². The number of aromatic nitrogens is 3. The maximum Gasteiger partial charge on any atom is 0.249 e. The van der Waals surface area contributed by atoms with Gasteiger partial charge < -0.3 is 10.2 Å². The van der Waals surface area contributed by atoms with Crippen molar-refractivity contribution in [3.8, 4) is 0 Å². The molecule has 22 heavy (non-hydrogen) atoms. The van der Waals surface area contributed by atoms with Crippen molar-refractivity contribution in [2.45, 2.75) is 39.5 Å². The fourth-order valence-electron chi connectivity index (χ4n) is 2.87. The summed E-state index contributed by atoms with van der Waals surface area (Å²) in [5.74, 6) is 1.48. The Morgan fingerprint density at radius 2 is 1.82 bits per heavy atom. The molecule has 1 aromatic carbocycles. The lowest BCUT2D eigenvalue weighted by molar-refractivity contribution is 0.726. The fourth-order valence-corrected chi connectivity index (χ4v) is 2.87. The lowest BCUT2D eigenvalue weighted by Gasteiger charge is -2.21. The summed E-state index contributed by atoms with van der Waals surface area (Å²) < 4.78 is 0. The van der Waals surface area contributed by atoms with Crippen molar-refractivity contribution in [3.63, 3.8) is 0 Å². The van der Waals surface area contributed by atoms with Crippen molar-refractivity contribution in [1.82, 2.24) is 15.2 Å². The molecule has 5 heteroatoms. The Bertz CT molecular complexity index is 633. The second-order valence-electron chi connectivity index (χ2n) is 5.98. The van der Waals surface area contributed by atoms with Crippen LogP contribution in [-0.2, 0) is 0 Å². The molecule has 1 saturated heterocycles. The van der Waals surface area contributed by atoms with Crippen molar-refractivity contribution in [2.75, 3.05) is 23.3 Å². The number of benzene rings is 1. The summed E-state index contributed by atoms with van der Waals surface area (Å²) >= 11 is 0. The standard InChI is InChI=1S/C17H23N5/c1-13-7-8-15(14(2)11-13)19-17-20-16(12-18-21-17)22-9-5-3-4-6-10-22/h7-8,11-12H,3-6,9-10H2,1-2H3,(H,19,20,21). The Morgan fingerprint density at radius 1 is 1.05 bits per heavy atom. The highest BCUT2D eigenvalue weighted by Gasteiger charge is 2.12. The topological polar surface area (TPSA) is 53.9 Å². The maximum absolute atomic E-state index is 4.64. The van der Waals surface area contributed by atoms with Gasteiger partial charge in [-0.15, -0.1) is 5.10 Å². The normalized spacial score (nSPS) is 15.5. The van der Waals surface area contributed by atoms with Crippen LogP contribution in [0.3, 0.4) is 0 Å². The van der Waals surface area contributed by atoms with E-state index >= 15 is 0 Å². The van der Waals surface area contributed by atoms with Gasteiger partial charge in [0, 0.05) is 18.8 Å². The molecule has 1 aromatic heterocycles. The zero-order valence-corrected chi connectivity index (χ0v) is 13.3. The highest BCUT2D eigenvalue weighted by molar-refractivity contribution is 5.59. The molecule has 0 unspecified atom stereocenters. The first-order valence-electron chi connectivity index (χ1n) is 8.01. The van der Waals surface area contributed by atoms with E-state index in [-0.39, 0.29) is 0 Å². The highest BCUT2D eigenvalue weighted by Crippen LogP contribution is 2.21. The molecule has 3 rings (SSSR count). The number of nitrogens with zero attached hydrogens (tertiary/aromatic N) is 4. The first kappa shape index (κ1) is 14.8. The number of anilines is 3. The third-order valence-corrected chi connectivity index (χ3v) is 4.10. The minimum absolute atomic E-state index is 0.564. The Kier molecular flexibility index (Phi) is 4.51. The third kappa shape index (κ3) is 3.53. The predicted molar refractivity (Wildman–Crippen MR) is 89.7 cm³/mol. The highest BCUT2D eigenvalue weighted by atomic mass is 15.3. The number of aryl methyl sites for hydroxylation is 2. The van der Waals surface area contributed by atoms with E-state index < -0.39 is 0 Å². The minimum Gasteiger partial charge on any atom is -0.355 e. The van der Waals surface area contributed by atoms with E-state index in [4.69, 9.17) is 0 Å². The summed E-state index contributed by atoms with van der Waals surface area (Å²) in [7, 11) is 0. The van der Waals surface area contributed by atoms with Crippen LogP contribution in [0.25, 0.3) is 0 Å². The molecule has 1 aliphatic heterocycles. The van der Waals surface area contributed by atoms with Gasteiger partial charge >= 0.3 is 0 Å². The van der Waals surface area contributed by atoms with Crippen LogP contribution >= 0.6 is 0 Å². The molecule has 1 aliphatic rings.